The highest BCUT2D eigenvalue weighted by Gasteiger charge is 2.36. The summed E-state index contributed by atoms with van der Waals surface area (Å²) < 4.78 is 4.97. The van der Waals surface area contributed by atoms with Crippen molar-refractivity contribution in [2.75, 3.05) is 13.7 Å². The fraction of sp³-hybridized carbons (Fsp3) is 1.00. The van der Waals surface area contributed by atoms with Crippen molar-refractivity contribution in [3.05, 3.63) is 0 Å². The zero-order valence-corrected chi connectivity index (χ0v) is 5.03. The summed E-state index contributed by atoms with van der Waals surface area (Å²) in [6.07, 6.45) is 2.72. The van der Waals surface area contributed by atoms with Gasteiger partial charge in [0.25, 0.3) is 0 Å². The normalized spacial score (nSPS) is 24.9. The lowest BCUT2D eigenvalue weighted by atomic mass is 10.2. The maximum Gasteiger partial charge on any atom is 0.0516 e. The highest BCUT2D eigenvalue weighted by molar-refractivity contribution is 4.87. The van der Waals surface area contributed by atoms with Gasteiger partial charge in [0, 0.05) is 7.11 Å². The second-order valence-corrected chi connectivity index (χ2v) is 2.74. The molecule has 1 fully saturated rings. The Kier molecular flexibility index (Phi) is 1.08. The lowest BCUT2D eigenvalue weighted by Crippen LogP contribution is -2.01. The zero-order chi connectivity index (χ0) is 5.33. The van der Waals surface area contributed by atoms with Crippen LogP contribution in [0.5, 0.6) is 0 Å². The van der Waals surface area contributed by atoms with Crippen LogP contribution in [0.15, 0.2) is 0 Å². The van der Waals surface area contributed by atoms with Crippen LogP contribution in [-0.2, 0) is 4.74 Å². The smallest absolute Gasteiger partial charge is 0.0516 e. The molecule has 0 N–H and O–H groups in total. The second kappa shape index (κ2) is 1.48. The van der Waals surface area contributed by atoms with E-state index in [0.717, 1.165) is 6.61 Å². The summed E-state index contributed by atoms with van der Waals surface area (Å²) in [5.74, 6) is 0. The van der Waals surface area contributed by atoms with Crippen LogP contribution in [0, 0.1) is 5.41 Å². The van der Waals surface area contributed by atoms with E-state index in [1.807, 2.05) is 0 Å². The van der Waals surface area contributed by atoms with Gasteiger partial charge in [-0.3, -0.25) is 0 Å². The third-order valence-corrected chi connectivity index (χ3v) is 1.60. The van der Waals surface area contributed by atoms with Gasteiger partial charge in [0.1, 0.15) is 0 Å². The van der Waals surface area contributed by atoms with Gasteiger partial charge in [0.2, 0.25) is 0 Å². The highest BCUT2D eigenvalue weighted by atomic mass is 16.5. The molecule has 42 valence electrons. The molecule has 1 saturated carbocycles. The molecule has 1 rings (SSSR count). The molecule has 0 heterocycles. The Balaban J connectivity index is 2.13. The standard InChI is InChI=1S/C6H12O/c1-6(3-4-6)5-7-2/h3-5H2,1-2H3. The summed E-state index contributed by atoms with van der Waals surface area (Å²) in [4.78, 5) is 0. The minimum absolute atomic E-state index is 0.578. The Morgan fingerprint density at radius 1 is 1.57 bits per heavy atom. The molecule has 7 heavy (non-hydrogen) atoms. The maximum atomic E-state index is 4.97. The van der Waals surface area contributed by atoms with Crippen molar-refractivity contribution < 1.29 is 4.74 Å². The highest BCUT2D eigenvalue weighted by Crippen LogP contribution is 2.44. The van der Waals surface area contributed by atoms with Gasteiger partial charge in [-0.25, -0.2) is 0 Å². The van der Waals surface area contributed by atoms with Gasteiger partial charge in [-0.05, 0) is 18.3 Å². The quantitative estimate of drug-likeness (QED) is 0.510. The van der Waals surface area contributed by atoms with Crippen molar-refractivity contribution in [2.45, 2.75) is 19.8 Å². The molecule has 0 aliphatic heterocycles. The van der Waals surface area contributed by atoms with Crippen LogP contribution in [0.25, 0.3) is 0 Å². The molecule has 1 aliphatic carbocycles. The van der Waals surface area contributed by atoms with E-state index < -0.39 is 0 Å². The third-order valence-electron chi connectivity index (χ3n) is 1.60. The molecule has 0 aromatic rings. The maximum absolute atomic E-state index is 4.97. The summed E-state index contributed by atoms with van der Waals surface area (Å²) in [5.41, 5.74) is 0.578. The van der Waals surface area contributed by atoms with Crippen molar-refractivity contribution >= 4 is 0 Å². The molecular formula is C6H12O. The molecule has 0 aromatic heterocycles. The van der Waals surface area contributed by atoms with Gasteiger partial charge >= 0.3 is 0 Å². The summed E-state index contributed by atoms with van der Waals surface area (Å²) in [7, 11) is 1.77. The van der Waals surface area contributed by atoms with Crippen LogP contribution in [0.2, 0.25) is 0 Å². The SMILES string of the molecule is COCC1(C)CC1. The lowest BCUT2D eigenvalue weighted by Gasteiger charge is -2.02. The first-order valence-corrected chi connectivity index (χ1v) is 2.76. The van der Waals surface area contributed by atoms with Crippen LogP contribution in [0.4, 0.5) is 0 Å². The van der Waals surface area contributed by atoms with Crippen molar-refractivity contribution in [3.63, 3.8) is 0 Å². The van der Waals surface area contributed by atoms with E-state index in [-0.39, 0.29) is 0 Å². The largest absolute Gasteiger partial charge is 0.384 e. The molecular weight excluding hydrogens is 88.1 g/mol. The van der Waals surface area contributed by atoms with E-state index in [9.17, 15) is 0 Å². The average Bonchev–Trinajstić information content (AvgIpc) is 2.22. The topological polar surface area (TPSA) is 9.23 Å². The minimum atomic E-state index is 0.578. The number of hydrogen-bond donors (Lipinski definition) is 0. The Morgan fingerprint density at radius 2 is 2.14 bits per heavy atom. The molecule has 0 amide bonds. The zero-order valence-electron chi connectivity index (χ0n) is 5.03. The van der Waals surface area contributed by atoms with Crippen molar-refractivity contribution in [1.82, 2.24) is 0 Å². The van der Waals surface area contributed by atoms with Gasteiger partial charge in [0.15, 0.2) is 0 Å². The summed E-state index contributed by atoms with van der Waals surface area (Å²) in [6, 6.07) is 0. The average molecular weight is 100 g/mol. The number of methoxy groups -OCH3 is 1. The lowest BCUT2D eigenvalue weighted by molar-refractivity contribution is 0.150. The molecule has 0 atom stereocenters. The molecule has 0 spiro atoms. The number of hydrogen-bond acceptors (Lipinski definition) is 1. The summed E-state index contributed by atoms with van der Waals surface area (Å²) in [5, 5.41) is 0. The Labute approximate surface area is 44.7 Å². The molecule has 1 nitrogen and oxygen atoms in total. The van der Waals surface area contributed by atoms with Gasteiger partial charge in [-0.2, -0.15) is 0 Å². The molecule has 0 aromatic carbocycles. The van der Waals surface area contributed by atoms with Crippen LogP contribution in [-0.4, -0.2) is 13.7 Å². The van der Waals surface area contributed by atoms with Crippen LogP contribution in [0.3, 0.4) is 0 Å². The molecule has 0 saturated heterocycles. The van der Waals surface area contributed by atoms with E-state index in [4.69, 9.17) is 4.74 Å². The van der Waals surface area contributed by atoms with Crippen LogP contribution in [0.1, 0.15) is 19.8 Å². The molecule has 1 aliphatic rings. The Bertz CT molecular complexity index is 64.6. The predicted molar refractivity (Wildman–Crippen MR) is 29.2 cm³/mol. The molecule has 0 unspecified atom stereocenters. The molecule has 1 heteroatoms. The first-order valence-electron chi connectivity index (χ1n) is 2.76. The molecule has 0 radical (unpaired) electrons. The monoisotopic (exact) mass is 100 g/mol. The Hall–Kier alpha value is -0.0400. The van der Waals surface area contributed by atoms with Gasteiger partial charge in [0.05, 0.1) is 6.61 Å². The minimum Gasteiger partial charge on any atom is -0.384 e. The Morgan fingerprint density at radius 3 is 2.29 bits per heavy atom. The van der Waals surface area contributed by atoms with E-state index >= 15 is 0 Å². The van der Waals surface area contributed by atoms with Crippen molar-refractivity contribution in [1.29, 1.82) is 0 Å². The second-order valence-electron chi connectivity index (χ2n) is 2.74. The fourth-order valence-electron chi connectivity index (χ4n) is 0.706. The first kappa shape index (κ1) is 5.10. The number of ether oxygens (including phenoxy) is 1. The fourth-order valence-corrected chi connectivity index (χ4v) is 0.706. The van der Waals surface area contributed by atoms with Crippen LogP contribution >= 0.6 is 0 Å². The summed E-state index contributed by atoms with van der Waals surface area (Å²) in [6.45, 7) is 3.21. The van der Waals surface area contributed by atoms with Crippen LogP contribution < -0.4 is 0 Å². The van der Waals surface area contributed by atoms with Gasteiger partial charge in [-0.15, -0.1) is 0 Å². The van der Waals surface area contributed by atoms with Crippen molar-refractivity contribution in [2.24, 2.45) is 5.41 Å². The van der Waals surface area contributed by atoms with E-state index in [0.29, 0.717) is 5.41 Å². The first-order chi connectivity index (χ1) is 3.27. The molecule has 0 bridgehead atoms. The van der Waals surface area contributed by atoms with Gasteiger partial charge < -0.3 is 4.74 Å². The van der Waals surface area contributed by atoms with E-state index in [1.165, 1.54) is 12.8 Å². The predicted octanol–water partition coefficient (Wildman–Crippen LogP) is 1.43. The van der Waals surface area contributed by atoms with E-state index in [2.05, 4.69) is 6.92 Å². The van der Waals surface area contributed by atoms with E-state index in [1.54, 1.807) is 7.11 Å². The number of rotatable bonds is 2. The summed E-state index contributed by atoms with van der Waals surface area (Å²) >= 11 is 0. The third kappa shape index (κ3) is 1.16. The van der Waals surface area contributed by atoms with Gasteiger partial charge in [-0.1, -0.05) is 6.92 Å². The van der Waals surface area contributed by atoms with Crippen molar-refractivity contribution in [3.8, 4) is 0 Å².